The van der Waals surface area contributed by atoms with E-state index in [1.54, 1.807) is 29.6 Å². The zero-order valence-electron chi connectivity index (χ0n) is 21.2. The first-order valence-corrected chi connectivity index (χ1v) is 13.3. The standard InChI is InChI=1S/C29H28BN3O4S/c1-31-24-20-33(26(30(36)37)25(24)27(34)32(2)28(31)35)18-19-38-29(21-12-6-3-7-13-21,22-14-8-4-9-15-22)23-16-10-5-11-17-23/h3-17,20,36-37H,18-19H2,1-2H3. The van der Waals surface area contributed by atoms with E-state index < -0.39 is 23.1 Å². The molecule has 0 atom stereocenters. The van der Waals surface area contributed by atoms with Crippen LogP contribution in [0.1, 0.15) is 16.7 Å². The Kier molecular flexibility index (Phi) is 7.16. The molecule has 0 aliphatic carbocycles. The van der Waals surface area contributed by atoms with E-state index in [4.69, 9.17) is 0 Å². The number of thioether (sulfide) groups is 1. The summed E-state index contributed by atoms with van der Waals surface area (Å²) in [4.78, 5) is 25.4. The molecule has 38 heavy (non-hydrogen) atoms. The Labute approximate surface area is 224 Å². The number of hydrogen-bond donors (Lipinski definition) is 2. The molecule has 192 valence electrons. The summed E-state index contributed by atoms with van der Waals surface area (Å²) in [5.41, 5.74) is 2.80. The van der Waals surface area contributed by atoms with Crippen LogP contribution in [0.15, 0.2) is 107 Å². The van der Waals surface area contributed by atoms with E-state index in [1.807, 2.05) is 54.6 Å². The largest absolute Gasteiger partial charge is 0.506 e. The first kappa shape index (κ1) is 25.8. The molecule has 5 rings (SSSR count). The van der Waals surface area contributed by atoms with Crippen LogP contribution in [0.2, 0.25) is 0 Å². The maximum absolute atomic E-state index is 12.9. The predicted octanol–water partition coefficient (Wildman–Crippen LogP) is 2.44. The molecule has 0 saturated heterocycles. The summed E-state index contributed by atoms with van der Waals surface area (Å²) in [5, 5.41) is 20.6. The maximum Gasteiger partial charge on any atom is 0.506 e. The van der Waals surface area contributed by atoms with Crippen LogP contribution < -0.4 is 16.8 Å². The van der Waals surface area contributed by atoms with Crippen LogP contribution in [-0.4, -0.2) is 36.6 Å². The summed E-state index contributed by atoms with van der Waals surface area (Å²) in [6, 6.07) is 30.9. The number of hydrogen-bond acceptors (Lipinski definition) is 5. The normalized spacial score (nSPS) is 11.7. The van der Waals surface area contributed by atoms with Crippen molar-refractivity contribution in [3.63, 3.8) is 0 Å². The first-order chi connectivity index (χ1) is 18.4. The molecular formula is C29H28BN3O4S. The van der Waals surface area contributed by atoms with Gasteiger partial charge in [0.15, 0.2) is 0 Å². The molecule has 0 aliphatic heterocycles. The lowest BCUT2D eigenvalue weighted by Gasteiger charge is -2.35. The molecule has 7 nitrogen and oxygen atoms in total. The Hall–Kier alpha value is -3.79. The fourth-order valence-electron chi connectivity index (χ4n) is 5.14. The molecule has 2 aromatic heterocycles. The van der Waals surface area contributed by atoms with Gasteiger partial charge in [0.25, 0.3) is 5.56 Å². The predicted molar refractivity (Wildman–Crippen MR) is 154 cm³/mol. The second-order valence-corrected chi connectivity index (χ2v) is 10.5. The lowest BCUT2D eigenvalue weighted by atomic mass is 9.84. The second-order valence-electron chi connectivity index (χ2n) is 9.18. The van der Waals surface area contributed by atoms with Crippen molar-refractivity contribution in [1.82, 2.24) is 13.7 Å². The van der Waals surface area contributed by atoms with E-state index in [1.165, 1.54) is 11.6 Å². The van der Waals surface area contributed by atoms with Crippen molar-refractivity contribution in [2.75, 3.05) is 5.75 Å². The molecule has 0 aliphatic rings. The number of rotatable bonds is 8. The summed E-state index contributed by atoms with van der Waals surface area (Å²) < 4.78 is 3.49. The topological polar surface area (TPSA) is 89.4 Å². The average Bonchev–Trinajstić information content (AvgIpc) is 3.34. The van der Waals surface area contributed by atoms with Gasteiger partial charge < -0.3 is 14.6 Å². The van der Waals surface area contributed by atoms with Crippen molar-refractivity contribution < 1.29 is 10.0 Å². The van der Waals surface area contributed by atoms with Gasteiger partial charge in [-0.3, -0.25) is 13.9 Å². The van der Waals surface area contributed by atoms with Gasteiger partial charge in [-0.1, -0.05) is 91.0 Å². The zero-order chi connectivity index (χ0) is 26.9. The SMILES string of the molecule is Cn1c(=O)c2c(B(O)O)n(CCSC(c3ccccc3)(c3ccccc3)c3ccccc3)cc2n(C)c1=O. The third-order valence-corrected chi connectivity index (χ3v) is 8.52. The average molecular weight is 525 g/mol. The molecule has 5 aromatic rings. The van der Waals surface area contributed by atoms with E-state index in [9.17, 15) is 19.6 Å². The van der Waals surface area contributed by atoms with Crippen LogP contribution in [0, 0.1) is 0 Å². The molecular weight excluding hydrogens is 497 g/mol. The van der Waals surface area contributed by atoms with Crippen molar-refractivity contribution in [3.8, 4) is 0 Å². The van der Waals surface area contributed by atoms with Crippen molar-refractivity contribution in [1.29, 1.82) is 0 Å². The van der Waals surface area contributed by atoms with Gasteiger partial charge in [-0.15, -0.1) is 11.8 Å². The summed E-state index contributed by atoms with van der Waals surface area (Å²) in [5.74, 6) is 0.577. The summed E-state index contributed by atoms with van der Waals surface area (Å²) in [6.07, 6.45) is 1.66. The van der Waals surface area contributed by atoms with E-state index in [-0.39, 0.29) is 11.0 Å². The quantitative estimate of drug-likeness (QED) is 0.240. The molecule has 0 radical (unpaired) electrons. The Morgan fingerprint density at radius 1 is 0.763 bits per heavy atom. The third-order valence-electron chi connectivity index (χ3n) is 6.99. The van der Waals surface area contributed by atoms with E-state index in [0.717, 1.165) is 21.3 Å². The monoisotopic (exact) mass is 525 g/mol. The summed E-state index contributed by atoms with van der Waals surface area (Å²) >= 11 is 1.73. The van der Waals surface area contributed by atoms with Gasteiger partial charge in [0.05, 0.1) is 21.2 Å². The van der Waals surface area contributed by atoms with Gasteiger partial charge in [0.1, 0.15) is 0 Å². The van der Waals surface area contributed by atoms with Crippen molar-refractivity contribution in [3.05, 3.63) is 135 Å². The minimum atomic E-state index is -1.87. The van der Waals surface area contributed by atoms with Crippen LogP contribution in [-0.2, 0) is 25.4 Å². The maximum atomic E-state index is 12.9. The molecule has 0 spiro atoms. The number of aryl methyl sites for hydroxylation is 2. The number of nitrogens with zero attached hydrogens (tertiary/aromatic N) is 3. The van der Waals surface area contributed by atoms with Crippen LogP contribution in [0.5, 0.6) is 0 Å². The van der Waals surface area contributed by atoms with Gasteiger partial charge in [-0.05, 0) is 16.7 Å². The molecule has 2 N–H and O–H groups in total. The minimum absolute atomic E-state index is 0.0848. The molecule has 0 unspecified atom stereocenters. The number of fused-ring (bicyclic) bond motifs is 1. The smallest absolute Gasteiger partial charge is 0.422 e. The van der Waals surface area contributed by atoms with Gasteiger partial charge in [-0.2, -0.15) is 0 Å². The Morgan fingerprint density at radius 3 is 1.68 bits per heavy atom. The van der Waals surface area contributed by atoms with E-state index in [2.05, 4.69) is 36.4 Å². The minimum Gasteiger partial charge on any atom is -0.422 e. The highest BCUT2D eigenvalue weighted by molar-refractivity contribution is 8.00. The Morgan fingerprint density at radius 2 is 1.24 bits per heavy atom. The van der Waals surface area contributed by atoms with Crippen molar-refractivity contribution >= 4 is 35.4 Å². The molecule has 2 heterocycles. The van der Waals surface area contributed by atoms with Crippen LogP contribution in [0.25, 0.3) is 10.9 Å². The highest BCUT2D eigenvalue weighted by Gasteiger charge is 2.37. The molecule has 9 heteroatoms. The fourth-order valence-corrected chi connectivity index (χ4v) is 6.64. The van der Waals surface area contributed by atoms with Crippen LogP contribution >= 0.6 is 11.8 Å². The van der Waals surface area contributed by atoms with Gasteiger partial charge in [-0.25, -0.2) is 4.79 Å². The van der Waals surface area contributed by atoms with Gasteiger partial charge in [0, 0.05) is 32.6 Å². The number of aromatic nitrogens is 3. The number of benzene rings is 3. The molecule has 0 saturated carbocycles. The lowest BCUT2D eigenvalue weighted by molar-refractivity contribution is 0.422. The third kappa shape index (κ3) is 4.32. The summed E-state index contributed by atoms with van der Waals surface area (Å²) in [6.45, 7) is 0.387. The lowest BCUT2D eigenvalue weighted by Crippen LogP contribution is -2.43. The second kappa shape index (κ2) is 10.5. The molecule has 0 amide bonds. The Bertz CT molecular complexity index is 1580. The fraction of sp³-hybridized carbons (Fsp3) is 0.172. The summed E-state index contributed by atoms with van der Waals surface area (Å²) in [7, 11) is 1.09. The highest BCUT2D eigenvalue weighted by Crippen LogP contribution is 2.48. The van der Waals surface area contributed by atoms with Gasteiger partial charge in [0.2, 0.25) is 0 Å². The molecule has 0 bridgehead atoms. The van der Waals surface area contributed by atoms with E-state index in [0.29, 0.717) is 17.8 Å². The zero-order valence-corrected chi connectivity index (χ0v) is 22.0. The molecule has 0 fully saturated rings. The van der Waals surface area contributed by atoms with Crippen molar-refractivity contribution in [2.24, 2.45) is 14.1 Å². The first-order valence-electron chi connectivity index (χ1n) is 12.3. The van der Waals surface area contributed by atoms with Crippen LogP contribution in [0.4, 0.5) is 0 Å². The van der Waals surface area contributed by atoms with E-state index >= 15 is 0 Å². The van der Waals surface area contributed by atoms with Crippen LogP contribution in [0.3, 0.4) is 0 Å². The van der Waals surface area contributed by atoms with Crippen molar-refractivity contribution in [2.45, 2.75) is 11.3 Å². The van der Waals surface area contributed by atoms with Gasteiger partial charge >= 0.3 is 12.8 Å². The Balaban J connectivity index is 1.62. The molecule has 3 aromatic carbocycles. The highest BCUT2D eigenvalue weighted by atomic mass is 32.2.